The van der Waals surface area contributed by atoms with E-state index >= 15 is 0 Å². The molecule has 5 rings (SSSR count). The summed E-state index contributed by atoms with van der Waals surface area (Å²) in [5.41, 5.74) is 3.11. The predicted octanol–water partition coefficient (Wildman–Crippen LogP) is 5.48. The molecule has 0 aromatic carbocycles. The molecule has 2 nitrogen and oxygen atoms in total. The van der Waals surface area contributed by atoms with Crippen LogP contribution in [0, 0.1) is 34.5 Å². The molecule has 0 spiro atoms. The van der Waals surface area contributed by atoms with Crippen molar-refractivity contribution >= 4 is 5.57 Å². The lowest BCUT2D eigenvalue weighted by molar-refractivity contribution is -0.0682. The van der Waals surface area contributed by atoms with E-state index in [1.807, 2.05) is 6.20 Å². The van der Waals surface area contributed by atoms with E-state index in [2.05, 4.69) is 50.2 Å². The Kier molecular flexibility index (Phi) is 3.55. The summed E-state index contributed by atoms with van der Waals surface area (Å²) in [6, 6.07) is 4.32. The molecular weight excluding hydrogens is 318 g/mol. The summed E-state index contributed by atoms with van der Waals surface area (Å²) < 4.78 is 0. The van der Waals surface area contributed by atoms with Crippen LogP contribution in [0.25, 0.3) is 5.57 Å². The molecule has 0 aliphatic heterocycles. The van der Waals surface area contributed by atoms with Crippen molar-refractivity contribution in [1.82, 2.24) is 4.98 Å². The van der Waals surface area contributed by atoms with Gasteiger partial charge in [-0.15, -0.1) is 0 Å². The quantitative estimate of drug-likeness (QED) is 0.727. The molecule has 2 heteroatoms. The van der Waals surface area contributed by atoms with Gasteiger partial charge in [0.25, 0.3) is 0 Å². The Balaban J connectivity index is 1.46. The van der Waals surface area contributed by atoms with Crippen LogP contribution in [0.15, 0.2) is 30.6 Å². The first-order valence-electron chi connectivity index (χ1n) is 10.7. The molecular formula is C24H33NO. The highest BCUT2D eigenvalue weighted by molar-refractivity contribution is 5.72. The third-order valence-electron chi connectivity index (χ3n) is 9.07. The molecule has 4 aliphatic carbocycles. The highest BCUT2D eigenvalue weighted by atomic mass is 16.3. The second-order valence-electron chi connectivity index (χ2n) is 10.6. The number of aliphatic hydroxyl groups is 1. The molecule has 3 saturated carbocycles. The zero-order valence-corrected chi connectivity index (χ0v) is 16.5. The van der Waals surface area contributed by atoms with Crippen molar-refractivity contribution in [2.45, 2.75) is 71.3 Å². The third kappa shape index (κ3) is 2.24. The molecule has 140 valence electrons. The maximum Gasteiger partial charge on any atom is 0.0628 e. The number of allylic oxidation sites excluding steroid dienone is 2. The zero-order chi connectivity index (χ0) is 18.2. The van der Waals surface area contributed by atoms with Crippen LogP contribution >= 0.6 is 0 Å². The predicted molar refractivity (Wildman–Crippen MR) is 105 cm³/mol. The number of hydrogen-bond acceptors (Lipinski definition) is 2. The Morgan fingerprint density at radius 2 is 1.96 bits per heavy atom. The zero-order valence-electron chi connectivity index (χ0n) is 16.5. The summed E-state index contributed by atoms with van der Waals surface area (Å²) in [4.78, 5) is 4.38. The summed E-state index contributed by atoms with van der Waals surface area (Å²) in [5.74, 6) is 3.14. The second-order valence-corrected chi connectivity index (χ2v) is 10.6. The van der Waals surface area contributed by atoms with E-state index in [0.717, 1.165) is 36.5 Å². The molecule has 1 aromatic heterocycles. The summed E-state index contributed by atoms with van der Waals surface area (Å²) in [7, 11) is 0. The second kappa shape index (κ2) is 5.44. The molecule has 3 fully saturated rings. The van der Waals surface area contributed by atoms with Gasteiger partial charge in [0, 0.05) is 12.4 Å². The lowest BCUT2D eigenvalue weighted by Crippen LogP contribution is -2.50. The van der Waals surface area contributed by atoms with E-state index < -0.39 is 5.60 Å². The lowest BCUT2D eigenvalue weighted by atomic mass is 9.47. The van der Waals surface area contributed by atoms with Crippen LogP contribution in [-0.4, -0.2) is 15.7 Å². The van der Waals surface area contributed by atoms with Gasteiger partial charge in [0.05, 0.1) is 5.60 Å². The maximum absolute atomic E-state index is 10.8. The Morgan fingerprint density at radius 1 is 1.12 bits per heavy atom. The molecule has 26 heavy (non-hydrogen) atoms. The minimum Gasteiger partial charge on any atom is -0.390 e. The molecule has 1 heterocycles. The van der Waals surface area contributed by atoms with Crippen molar-refractivity contribution in [3.63, 3.8) is 0 Å². The Morgan fingerprint density at radius 3 is 2.73 bits per heavy atom. The third-order valence-corrected chi connectivity index (χ3v) is 9.07. The monoisotopic (exact) mass is 351 g/mol. The molecule has 1 N–H and O–H groups in total. The van der Waals surface area contributed by atoms with Crippen molar-refractivity contribution < 1.29 is 5.11 Å². The summed E-state index contributed by atoms with van der Waals surface area (Å²) >= 11 is 0. The van der Waals surface area contributed by atoms with Crippen molar-refractivity contribution in [3.05, 3.63) is 36.2 Å². The van der Waals surface area contributed by atoms with Gasteiger partial charge in [-0.2, -0.15) is 0 Å². The van der Waals surface area contributed by atoms with Crippen LogP contribution in [0.1, 0.15) is 71.3 Å². The molecule has 0 saturated heterocycles. The number of hydrogen-bond donors (Lipinski definition) is 1. The van der Waals surface area contributed by atoms with Crippen molar-refractivity contribution in [2.24, 2.45) is 34.5 Å². The van der Waals surface area contributed by atoms with Crippen LogP contribution in [0.4, 0.5) is 0 Å². The maximum atomic E-state index is 10.8. The fourth-order valence-electron chi connectivity index (χ4n) is 8.11. The van der Waals surface area contributed by atoms with Gasteiger partial charge in [-0.1, -0.05) is 26.0 Å². The van der Waals surface area contributed by atoms with E-state index in [9.17, 15) is 5.11 Å². The van der Waals surface area contributed by atoms with Gasteiger partial charge < -0.3 is 5.11 Å². The van der Waals surface area contributed by atoms with Gasteiger partial charge in [0.2, 0.25) is 0 Å². The fraction of sp³-hybridized carbons (Fsp3) is 0.708. The van der Waals surface area contributed by atoms with Gasteiger partial charge in [-0.05, 0) is 104 Å². The number of rotatable bonds is 1. The smallest absolute Gasteiger partial charge is 0.0628 e. The first-order valence-corrected chi connectivity index (χ1v) is 10.7. The highest BCUT2D eigenvalue weighted by Gasteiger charge is 2.61. The van der Waals surface area contributed by atoms with Crippen molar-refractivity contribution in [3.8, 4) is 0 Å². The molecule has 5 unspecified atom stereocenters. The summed E-state index contributed by atoms with van der Waals surface area (Å²) in [5, 5.41) is 10.8. The van der Waals surface area contributed by atoms with Gasteiger partial charge in [0.1, 0.15) is 0 Å². The molecule has 0 bridgehead atoms. The molecule has 4 aliphatic rings. The number of pyridine rings is 1. The first kappa shape index (κ1) is 17.0. The Bertz CT molecular complexity index is 738. The van der Waals surface area contributed by atoms with Crippen LogP contribution in [-0.2, 0) is 0 Å². The number of nitrogens with zero attached hydrogens (tertiary/aromatic N) is 1. The molecule has 0 radical (unpaired) electrons. The number of fused-ring (bicyclic) bond motifs is 5. The van der Waals surface area contributed by atoms with Crippen LogP contribution < -0.4 is 0 Å². The topological polar surface area (TPSA) is 33.1 Å². The fourth-order valence-corrected chi connectivity index (χ4v) is 8.11. The van der Waals surface area contributed by atoms with Gasteiger partial charge in [-0.3, -0.25) is 4.98 Å². The minimum absolute atomic E-state index is 0.314. The van der Waals surface area contributed by atoms with Crippen LogP contribution in [0.5, 0.6) is 0 Å². The highest BCUT2D eigenvalue weighted by Crippen LogP contribution is 2.69. The van der Waals surface area contributed by atoms with Gasteiger partial charge in [-0.25, -0.2) is 0 Å². The Labute approximate surface area is 158 Å². The lowest BCUT2D eigenvalue weighted by Gasteiger charge is -2.57. The molecule has 1 aromatic rings. The minimum atomic E-state index is -0.441. The van der Waals surface area contributed by atoms with Crippen molar-refractivity contribution in [2.75, 3.05) is 0 Å². The van der Waals surface area contributed by atoms with E-state index in [0.29, 0.717) is 10.8 Å². The van der Waals surface area contributed by atoms with E-state index in [1.165, 1.54) is 37.7 Å². The summed E-state index contributed by atoms with van der Waals surface area (Å²) in [6.45, 7) is 7.12. The largest absolute Gasteiger partial charge is 0.390 e. The Hall–Kier alpha value is -1.15. The number of aromatic nitrogens is 1. The van der Waals surface area contributed by atoms with Gasteiger partial charge in [0.15, 0.2) is 0 Å². The van der Waals surface area contributed by atoms with E-state index in [1.54, 1.807) is 5.57 Å². The summed E-state index contributed by atoms with van der Waals surface area (Å²) in [6.07, 6.45) is 15.1. The molecule has 0 amide bonds. The van der Waals surface area contributed by atoms with E-state index in [-0.39, 0.29) is 0 Å². The van der Waals surface area contributed by atoms with Crippen molar-refractivity contribution in [1.29, 1.82) is 0 Å². The normalized spacial score (nSPS) is 49.9. The standard InChI is InChI=1S/C24H33NO/c1-22(26)13-17-6-7-18-20-9-8-19(16-5-4-12-25-14-16)23(20,2)11-10-21(18)24(17,3)15-22/h4-5,8,12,14,17-18,20-21,26H,6-7,9-11,13,15H2,1-3H3/t17?,18?,20?,21?,22?,23-,24+/m1/s1. The average molecular weight is 352 g/mol. The van der Waals surface area contributed by atoms with Crippen LogP contribution in [0.2, 0.25) is 0 Å². The first-order chi connectivity index (χ1) is 12.3. The van der Waals surface area contributed by atoms with E-state index in [4.69, 9.17) is 0 Å². The van der Waals surface area contributed by atoms with Gasteiger partial charge >= 0.3 is 0 Å². The average Bonchev–Trinajstić information content (AvgIpc) is 3.07. The SMILES string of the molecule is CC1(O)CC2CCC3C(CC[C@]4(C)C(c5cccnc5)=CCC34)[C@@]2(C)C1. The van der Waals surface area contributed by atoms with Crippen LogP contribution in [0.3, 0.4) is 0 Å². The molecule has 7 atom stereocenters.